The number of benzene rings is 1. The average molecular weight is 338 g/mol. The Bertz CT molecular complexity index is 900. The van der Waals surface area contributed by atoms with Gasteiger partial charge in [-0.25, -0.2) is 0 Å². The van der Waals surface area contributed by atoms with Crippen molar-refractivity contribution in [2.24, 2.45) is 0 Å². The molecule has 1 aliphatic heterocycles. The fraction of sp³-hybridized carbons (Fsp3) is 0.235. The third kappa shape index (κ3) is 2.99. The van der Waals surface area contributed by atoms with E-state index in [2.05, 4.69) is 4.98 Å². The number of carbonyl (C=O) groups is 1. The van der Waals surface area contributed by atoms with Crippen LogP contribution in [0.1, 0.15) is 25.0 Å². The van der Waals surface area contributed by atoms with Gasteiger partial charge in [-0.3, -0.25) is 9.69 Å². The molecule has 0 saturated heterocycles. The molecule has 0 aliphatic carbocycles. The van der Waals surface area contributed by atoms with Gasteiger partial charge in [-0.15, -0.1) is 0 Å². The zero-order chi connectivity index (χ0) is 18.2. The summed E-state index contributed by atoms with van der Waals surface area (Å²) in [5.74, 6) is -0.288. The SMILES string of the molecule is CC1(C)Oc2ccc([N+](=O)[O-])nc2N(Cc2ccc(C#N)cc2)C1=O. The van der Waals surface area contributed by atoms with E-state index in [0.717, 1.165) is 5.56 Å². The second-order valence-corrected chi connectivity index (χ2v) is 6.06. The molecule has 1 aromatic carbocycles. The molecular formula is C17H14N4O4. The van der Waals surface area contributed by atoms with Crippen molar-refractivity contribution in [3.8, 4) is 11.8 Å². The van der Waals surface area contributed by atoms with Crippen molar-refractivity contribution in [2.45, 2.75) is 26.0 Å². The van der Waals surface area contributed by atoms with E-state index in [1.54, 1.807) is 38.1 Å². The van der Waals surface area contributed by atoms with Crippen molar-refractivity contribution in [1.29, 1.82) is 5.26 Å². The summed E-state index contributed by atoms with van der Waals surface area (Å²) >= 11 is 0. The predicted octanol–water partition coefficient (Wildman–Crippen LogP) is 2.57. The first-order chi connectivity index (χ1) is 11.8. The van der Waals surface area contributed by atoms with Gasteiger partial charge in [-0.1, -0.05) is 12.1 Å². The van der Waals surface area contributed by atoms with Crippen LogP contribution >= 0.6 is 0 Å². The third-order valence-electron chi connectivity index (χ3n) is 3.82. The first-order valence-electron chi connectivity index (χ1n) is 7.47. The molecule has 3 rings (SSSR count). The molecule has 1 aliphatic rings. The van der Waals surface area contributed by atoms with Crippen molar-refractivity contribution in [3.05, 3.63) is 57.6 Å². The molecule has 25 heavy (non-hydrogen) atoms. The van der Waals surface area contributed by atoms with E-state index >= 15 is 0 Å². The second-order valence-electron chi connectivity index (χ2n) is 6.06. The summed E-state index contributed by atoms with van der Waals surface area (Å²) in [5.41, 5.74) is 0.160. The number of fused-ring (bicyclic) bond motifs is 1. The van der Waals surface area contributed by atoms with Crippen LogP contribution in [0.25, 0.3) is 0 Å². The maximum atomic E-state index is 12.8. The number of carbonyl (C=O) groups excluding carboxylic acids is 1. The fourth-order valence-corrected chi connectivity index (χ4v) is 2.55. The van der Waals surface area contributed by atoms with Crippen LogP contribution in [0.15, 0.2) is 36.4 Å². The van der Waals surface area contributed by atoms with Crippen LogP contribution in [0.4, 0.5) is 11.6 Å². The average Bonchev–Trinajstić information content (AvgIpc) is 2.59. The van der Waals surface area contributed by atoms with Gasteiger partial charge < -0.3 is 14.9 Å². The van der Waals surface area contributed by atoms with E-state index in [0.29, 0.717) is 11.3 Å². The zero-order valence-corrected chi connectivity index (χ0v) is 13.6. The van der Waals surface area contributed by atoms with Gasteiger partial charge in [0.1, 0.15) is 0 Å². The van der Waals surface area contributed by atoms with Crippen LogP contribution in [0.5, 0.6) is 5.75 Å². The van der Waals surface area contributed by atoms with E-state index in [9.17, 15) is 14.9 Å². The monoisotopic (exact) mass is 338 g/mol. The lowest BCUT2D eigenvalue weighted by Crippen LogP contribution is -2.52. The van der Waals surface area contributed by atoms with E-state index in [-0.39, 0.29) is 24.1 Å². The number of nitrogens with zero attached hydrogens (tertiary/aromatic N) is 4. The maximum absolute atomic E-state index is 12.8. The van der Waals surface area contributed by atoms with Gasteiger partial charge in [0.05, 0.1) is 18.2 Å². The summed E-state index contributed by atoms with van der Waals surface area (Å²) in [6.07, 6.45) is 0. The van der Waals surface area contributed by atoms with Gasteiger partial charge in [0.25, 0.3) is 11.7 Å². The fourth-order valence-electron chi connectivity index (χ4n) is 2.55. The number of nitro groups is 1. The number of amides is 1. The van der Waals surface area contributed by atoms with Crippen molar-refractivity contribution >= 4 is 17.5 Å². The van der Waals surface area contributed by atoms with Crippen molar-refractivity contribution in [2.75, 3.05) is 4.90 Å². The molecule has 8 nitrogen and oxygen atoms in total. The van der Waals surface area contributed by atoms with Gasteiger partial charge in [0.2, 0.25) is 0 Å². The molecule has 0 bridgehead atoms. The van der Waals surface area contributed by atoms with Crippen molar-refractivity contribution in [1.82, 2.24) is 4.98 Å². The molecule has 0 fully saturated rings. The molecule has 0 saturated carbocycles. The van der Waals surface area contributed by atoms with E-state index in [4.69, 9.17) is 10.00 Å². The zero-order valence-electron chi connectivity index (χ0n) is 13.6. The minimum atomic E-state index is -1.11. The topological polar surface area (TPSA) is 109 Å². The van der Waals surface area contributed by atoms with Crippen LogP contribution in [-0.2, 0) is 11.3 Å². The first-order valence-corrected chi connectivity index (χ1v) is 7.47. The number of hydrogen-bond donors (Lipinski definition) is 0. The molecule has 8 heteroatoms. The highest BCUT2D eigenvalue weighted by Crippen LogP contribution is 2.38. The number of pyridine rings is 1. The quantitative estimate of drug-likeness (QED) is 0.628. The molecule has 0 spiro atoms. The highest BCUT2D eigenvalue weighted by Gasteiger charge is 2.44. The van der Waals surface area contributed by atoms with Crippen LogP contribution in [0.2, 0.25) is 0 Å². The number of rotatable bonds is 3. The molecule has 1 amide bonds. The molecule has 0 N–H and O–H groups in total. The normalized spacial score (nSPS) is 15.1. The Labute approximate surface area is 143 Å². The van der Waals surface area contributed by atoms with E-state index < -0.39 is 10.5 Å². The molecule has 1 aromatic heterocycles. The Hall–Kier alpha value is -3.47. The number of hydrogen-bond acceptors (Lipinski definition) is 6. The lowest BCUT2D eigenvalue weighted by Gasteiger charge is -2.35. The number of anilines is 1. The van der Waals surface area contributed by atoms with Crippen molar-refractivity contribution < 1.29 is 14.5 Å². The Morgan fingerprint density at radius 2 is 1.96 bits per heavy atom. The molecule has 2 aromatic rings. The number of nitriles is 1. The molecule has 126 valence electrons. The third-order valence-corrected chi connectivity index (χ3v) is 3.82. The second kappa shape index (κ2) is 5.87. The summed E-state index contributed by atoms with van der Waals surface area (Å²) in [4.78, 5) is 28.5. The minimum Gasteiger partial charge on any atom is -0.472 e. The molecule has 0 atom stereocenters. The predicted molar refractivity (Wildman–Crippen MR) is 87.9 cm³/mol. The van der Waals surface area contributed by atoms with Gasteiger partial charge in [-0.05, 0) is 47.5 Å². The standard InChI is InChI=1S/C17H14N4O4/c1-17(2)16(22)20(10-12-5-3-11(9-18)4-6-12)15-13(25-17)7-8-14(19-15)21(23)24/h3-8H,10H2,1-2H3. The Balaban J connectivity index is 2.04. The molecule has 0 radical (unpaired) electrons. The number of aromatic nitrogens is 1. The molecule has 2 heterocycles. The first kappa shape index (κ1) is 16.4. The number of ether oxygens (including phenoxy) is 1. The van der Waals surface area contributed by atoms with E-state index in [1.165, 1.54) is 17.0 Å². The Morgan fingerprint density at radius 1 is 1.28 bits per heavy atom. The Kier molecular flexibility index (Phi) is 3.85. The summed E-state index contributed by atoms with van der Waals surface area (Å²) in [6.45, 7) is 3.43. The maximum Gasteiger partial charge on any atom is 0.366 e. The summed E-state index contributed by atoms with van der Waals surface area (Å²) in [5, 5.41) is 19.9. The van der Waals surface area contributed by atoms with Gasteiger partial charge in [0, 0.05) is 6.07 Å². The van der Waals surface area contributed by atoms with Crippen LogP contribution < -0.4 is 9.64 Å². The van der Waals surface area contributed by atoms with Crippen LogP contribution in [-0.4, -0.2) is 21.4 Å². The minimum absolute atomic E-state index is 0.114. The summed E-state index contributed by atoms with van der Waals surface area (Å²) in [6, 6.07) is 11.5. The highest BCUT2D eigenvalue weighted by atomic mass is 16.6. The smallest absolute Gasteiger partial charge is 0.366 e. The van der Waals surface area contributed by atoms with Gasteiger partial charge in [0.15, 0.2) is 11.4 Å². The van der Waals surface area contributed by atoms with Gasteiger partial charge >= 0.3 is 5.82 Å². The van der Waals surface area contributed by atoms with E-state index in [1.807, 2.05) is 6.07 Å². The van der Waals surface area contributed by atoms with Gasteiger partial charge in [-0.2, -0.15) is 5.26 Å². The lowest BCUT2D eigenvalue weighted by molar-refractivity contribution is -0.389. The Morgan fingerprint density at radius 3 is 2.56 bits per heavy atom. The summed E-state index contributed by atoms with van der Waals surface area (Å²) < 4.78 is 5.65. The largest absolute Gasteiger partial charge is 0.472 e. The lowest BCUT2D eigenvalue weighted by atomic mass is 10.0. The van der Waals surface area contributed by atoms with Crippen LogP contribution in [0, 0.1) is 21.4 Å². The summed E-state index contributed by atoms with van der Waals surface area (Å²) in [7, 11) is 0. The molecular weight excluding hydrogens is 324 g/mol. The molecule has 0 unspecified atom stereocenters. The van der Waals surface area contributed by atoms with Crippen LogP contribution in [0.3, 0.4) is 0 Å². The van der Waals surface area contributed by atoms with Crippen molar-refractivity contribution in [3.63, 3.8) is 0 Å². The highest BCUT2D eigenvalue weighted by molar-refractivity contribution is 6.01.